The van der Waals surface area contributed by atoms with Crippen molar-refractivity contribution in [1.29, 1.82) is 0 Å². The Balaban J connectivity index is 2.27. The van der Waals surface area contributed by atoms with Gasteiger partial charge in [0.1, 0.15) is 16.5 Å². The predicted octanol–water partition coefficient (Wildman–Crippen LogP) is 2.98. The van der Waals surface area contributed by atoms with Gasteiger partial charge in [0.25, 0.3) is 5.56 Å². The Morgan fingerprint density at radius 2 is 2.17 bits per heavy atom. The van der Waals surface area contributed by atoms with Gasteiger partial charge in [0, 0.05) is 19.2 Å². The summed E-state index contributed by atoms with van der Waals surface area (Å²) in [5.41, 5.74) is -0.555. The molecule has 0 amide bonds. The minimum Gasteiger partial charge on any atom is -0.396 e. The lowest BCUT2D eigenvalue weighted by Gasteiger charge is -2.16. The van der Waals surface area contributed by atoms with Crippen LogP contribution in [0, 0.1) is 17.6 Å². The largest absolute Gasteiger partial charge is 0.396 e. The molecule has 1 aromatic carbocycles. The van der Waals surface area contributed by atoms with Gasteiger partial charge >= 0.3 is 0 Å². The molecule has 1 atom stereocenters. The summed E-state index contributed by atoms with van der Waals surface area (Å²) in [6.45, 7) is 2.60. The maximum Gasteiger partial charge on any atom is 0.292 e. The molecule has 5 nitrogen and oxygen atoms in total. The van der Waals surface area contributed by atoms with E-state index in [9.17, 15) is 13.6 Å². The SMILES string of the molecule is CC[C@H](CCO)CNc1cnn(-c2ccc(F)cc2F)c(=O)c1Cl. The summed E-state index contributed by atoms with van der Waals surface area (Å²) in [6.07, 6.45) is 2.81. The van der Waals surface area contributed by atoms with Gasteiger partial charge in [0.05, 0.1) is 11.9 Å². The maximum absolute atomic E-state index is 13.8. The fourth-order valence-corrected chi connectivity index (χ4v) is 2.46. The first-order valence-electron chi connectivity index (χ1n) is 7.55. The van der Waals surface area contributed by atoms with E-state index in [1.54, 1.807) is 0 Å². The Morgan fingerprint density at radius 1 is 1.42 bits per heavy atom. The summed E-state index contributed by atoms with van der Waals surface area (Å²) >= 11 is 6.05. The van der Waals surface area contributed by atoms with Crippen LogP contribution in [-0.4, -0.2) is 28.0 Å². The molecule has 0 bridgehead atoms. The van der Waals surface area contributed by atoms with Gasteiger partial charge in [0.15, 0.2) is 5.82 Å². The number of aromatic nitrogens is 2. The first-order chi connectivity index (χ1) is 11.5. The highest BCUT2D eigenvalue weighted by molar-refractivity contribution is 6.32. The molecular formula is C16H18ClF2N3O2. The number of rotatable bonds is 7. The number of hydrogen-bond acceptors (Lipinski definition) is 4. The number of aliphatic hydroxyl groups excluding tert-OH is 1. The average molecular weight is 358 g/mol. The smallest absolute Gasteiger partial charge is 0.292 e. The lowest BCUT2D eigenvalue weighted by Crippen LogP contribution is -2.24. The minimum absolute atomic E-state index is 0.0810. The van der Waals surface area contributed by atoms with Crippen LogP contribution >= 0.6 is 11.6 Å². The Labute approximate surface area is 142 Å². The van der Waals surface area contributed by atoms with E-state index in [2.05, 4.69) is 10.4 Å². The van der Waals surface area contributed by atoms with Gasteiger partial charge < -0.3 is 10.4 Å². The van der Waals surface area contributed by atoms with E-state index in [1.165, 1.54) is 6.20 Å². The molecule has 8 heteroatoms. The Hall–Kier alpha value is -1.99. The van der Waals surface area contributed by atoms with E-state index < -0.39 is 17.2 Å². The van der Waals surface area contributed by atoms with E-state index >= 15 is 0 Å². The number of nitrogens with one attached hydrogen (secondary N) is 1. The van der Waals surface area contributed by atoms with Crippen molar-refractivity contribution in [2.45, 2.75) is 19.8 Å². The van der Waals surface area contributed by atoms with Crippen LogP contribution in [0.25, 0.3) is 5.69 Å². The fraction of sp³-hybridized carbons (Fsp3) is 0.375. The number of anilines is 1. The molecule has 0 aliphatic rings. The monoisotopic (exact) mass is 357 g/mol. The van der Waals surface area contributed by atoms with Crippen LogP contribution in [0.2, 0.25) is 5.02 Å². The summed E-state index contributed by atoms with van der Waals surface area (Å²) in [7, 11) is 0. The molecule has 0 saturated heterocycles. The molecule has 0 spiro atoms. The molecule has 1 aromatic heterocycles. The molecule has 0 unspecified atom stereocenters. The highest BCUT2D eigenvalue weighted by atomic mass is 35.5. The first kappa shape index (κ1) is 18.4. The van der Waals surface area contributed by atoms with Gasteiger partial charge in [-0.1, -0.05) is 24.9 Å². The molecule has 1 heterocycles. The van der Waals surface area contributed by atoms with Crippen molar-refractivity contribution in [2.24, 2.45) is 5.92 Å². The summed E-state index contributed by atoms with van der Waals surface area (Å²) < 4.78 is 27.6. The molecule has 0 fully saturated rings. The molecule has 0 saturated carbocycles. The number of benzene rings is 1. The summed E-state index contributed by atoms with van der Waals surface area (Å²) in [5, 5.41) is 15.8. The van der Waals surface area contributed by atoms with Crippen LogP contribution in [0.1, 0.15) is 19.8 Å². The van der Waals surface area contributed by atoms with Crippen LogP contribution in [0.4, 0.5) is 14.5 Å². The second kappa shape index (κ2) is 8.21. The third-order valence-corrected chi connectivity index (χ3v) is 4.12. The van der Waals surface area contributed by atoms with Crippen LogP contribution in [-0.2, 0) is 0 Å². The third-order valence-electron chi connectivity index (χ3n) is 3.75. The normalized spacial score (nSPS) is 12.2. The third kappa shape index (κ3) is 4.10. The van der Waals surface area contributed by atoms with Crippen LogP contribution < -0.4 is 10.9 Å². The van der Waals surface area contributed by atoms with E-state index in [0.717, 1.165) is 23.2 Å². The van der Waals surface area contributed by atoms with Crippen LogP contribution in [0.15, 0.2) is 29.2 Å². The van der Waals surface area contributed by atoms with Gasteiger partial charge in [-0.2, -0.15) is 9.78 Å². The van der Waals surface area contributed by atoms with Crippen LogP contribution in [0.3, 0.4) is 0 Å². The molecule has 2 N–H and O–H groups in total. The summed E-state index contributed by atoms with van der Waals surface area (Å²) in [6, 6.07) is 2.83. The van der Waals surface area contributed by atoms with Crippen molar-refractivity contribution in [3.05, 3.63) is 51.4 Å². The maximum atomic E-state index is 13.8. The topological polar surface area (TPSA) is 67.2 Å². The zero-order valence-corrected chi connectivity index (χ0v) is 13.9. The fourth-order valence-electron chi connectivity index (χ4n) is 2.27. The van der Waals surface area contributed by atoms with E-state index in [0.29, 0.717) is 24.7 Å². The molecule has 2 rings (SSSR count). The number of aliphatic hydroxyl groups is 1. The second-order valence-corrected chi connectivity index (χ2v) is 5.73. The Bertz CT molecular complexity index is 767. The zero-order valence-electron chi connectivity index (χ0n) is 13.1. The van der Waals surface area contributed by atoms with Crippen molar-refractivity contribution in [3.63, 3.8) is 0 Å². The van der Waals surface area contributed by atoms with Gasteiger partial charge in [-0.15, -0.1) is 0 Å². The molecule has 0 radical (unpaired) electrons. The van der Waals surface area contributed by atoms with Crippen molar-refractivity contribution in [3.8, 4) is 5.69 Å². The van der Waals surface area contributed by atoms with Gasteiger partial charge in [-0.25, -0.2) is 8.78 Å². The highest BCUT2D eigenvalue weighted by Gasteiger charge is 2.15. The lowest BCUT2D eigenvalue weighted by molar-refractivity contribution is 0.258. The van der Waals surface area contributed by atoms with Crippen molar-refractivity contribution < 1.29 is 13.9 Å². The van der Waals surface area contributed by atoms with Crippen molar-refractivity contribution in [1.82, 2.24) is 9.78 Å². The Kier molecular flexibility index (Phi) is 6.28. The Morgan fingerprint density at radius 3 is 2.79 bits per heavy atom. The lowest BCUT2D eigenvalue weighted by atomic mass is 10.0. The number of hydrogen-bond donors (Lipinski definition) is 2. The van der Waals surface area contributed by atoms with E-state index in [4.69, 9.17) is 16.7 Å². The number of halogens is 3. The number of nitrogens with zero attached hydrogens (tertiary/aromatic N) is 2. The van der Waals surface area contributed by atoms with Crippen molar-refractivity contribution >= 4 is 17.3 Å². The summed E-state index contributed by atoms with van der Waals surface area (Å²) in [5.74, 6) is -1.43. The second-order valence-electron chi connectivity index (χ2n) is 5.35. The first-order valence-corrected chi connectivity index (χ1v) is 7.93. The highest BCUT2D eigenvalue weighted by Crippen LogP contribution is 2.19. The van der Waals surface area contributed by atoms with Gasteiger partial charge in [-0.3, -0.25) is 4.79 Å². The van der Waals surface area contributed by atoms with Gasteiger partial charge in [-0.05, 0) is 24.5 Å². The average Bonchev–Trinajstić information content (AvgIpc) is 2.56. The van der Waals surface area contributed by atoms with E-state index in [1.807, 2.05) is 6.92 Å². The van der Waals surface area contributed by atoms with Crippen LogP contribution in [0.5, 0.6) is 0 Å². The van der Waals surface area contributed by atoms with Crippen molar-refractivity contribution in [2.75, 3.05) is 18.5 Å². The minimum atomic E-state index is -0.907. The molecule has 130 valence electrons. The predicted molar refractivity (Wildman–Crippen MR) is 88.7 cm³/mol. The summed E-state index contributed by atoms with van der Waals surface area (Å²) in [4.78, 5) is 12.3. The van der Waals surface area contributed by atoms with E-state index in [-0.39, 0.29) is 23.2 Å². The molecule has 0 aliphatic heterocycles. The molecule has 24 heavy (non-hydrogen) atoms. The molecule has 2 aromatic rings. The molecular weight excluding hydrogens is 340 g/mol. The quantitative estimate of drug-likeness (QED) is 0.799. The molecule has 0 aliphatic carbocycles. The standard InChI is InChI=1S/C16H18ClF2N3O2/c1-2-10(5-6-23)8-20-13-9-21-22(16(24)15(13)17)14-4-3-11(18)7-12(14)19/h3-4,7,9-10,20,23H,2,5-6,8H2,1H3/t10-/m1/s1. The zero-order chi connectivity index (χ0) is 17.7. The van der Waals surface area contributed by atoms with Gasteiger partial charge in [0.2, 0.25) is 0 Å².